The molecule has 1 aromatic heterocycles. The average molecular weight is 301 g/mol. The topological polar surface area (TPSA) is 0 Å². The molecule has 0 aliphatic heterocycles. The van der Waals surface area contributed by atoms with Crippen LogP contribution in [0.1, 0.15) is 59.2 Å². The Morgan fingerprint density at radius 3 is 2.38 bits per heavy atom. The van der Waals surface area contributed by atoms with Crippen molar-refractivity contribution in [2.75, 3.05) is 0 Å². The predicted octanol–water partition coefficient (Wildman–Crippen LogP) is 5.77. The summed E-state index contributed by atoms with van der Waals surface area (Å²) in [6, 6.07) is 2.32. The van der Waals surface area contributed by atoms with Crippen LogP contribution >= 0.6 is 27.3 Å². The molecule has 1 atom stereocenters. The molecule has 1 fully saturated rings. The summed E-state index contributed by atoms with van der Waals surface area (Å²) in [5.74, 6) is 0. The Hall–Kier alpha value is 0.180. The van der Waals surface area contributed by atoms with Crippen molar-refractivity contribution >= 4 is 27.3 Å². The summed E-state index contributed by atoms with van der Waals surface area (Å²) in [6.07, 6.45) is 6.99. The molecule has 0 spiro atoms. The van der Waals surface area contributed by atoms with Crippen molar-refractivity contribution in [1.29, 1.82) is 0 Å². The largest absolute Gasteiger partial charge is 0.144 e. The number of aryl methyl sites for hydroxylation is 2. The van der Waals surface area contributed by atoms with Crippen LogP contribution in [-0.4, -0.2) is 0 Å². The average Bonchev–Trinajstić information content (AvgIpc) is 2.58. The first-order chi connectivity index (χ1) is 7.53. The lowest BCUT2D eigenvalue weighted by molar-refractivity contribution is 0.214. The van der Waals surface area contributed by atoms with Crippen molar-refractivity contribution in [2.24, 2.45) is 5.41 Å². The van der Waals surface area contributed by atoms with Crippen LogP contribution in [0.25, 0.3) is 0 Å². The van der Waals surface area contributed by atoms with E-state index in [2.05, 4.69) is 42.8 Å². The number of alkyl halides is 1. The van der Waals surface area contributed by atoms with E-state index in [1.807, 2.05) is 11.3 Å². The van der Waals surface area contributed by atoms with Gasteiger partial charge in [0.05, 0.1) is 4.83 Å². The summed E-state index contributed by atoms with van der Waals surface area (Å²) in [6.45, 7) is 6.92. The Bertz CT molecular complexity index is 361. The van der Waals surface area contributed by atoms with Crippen LogP contribution < -0.4 is 0 Å². The molecule has 1 aromatic rings. The molecular formula is C14H21BrS. The SMILES string of the molecule is Cc1cc(C)c(C(Br)C2(C)CCCCC2)s1. The summed E-state index contributed by atoms with van der Waals surface area (Å²) in [5, 5.41) is 0. The van der Waals surface area contributed by atoms with E-state index in [0.717, 1.165) is 0 Å². The van der Waals surface area contributed by atoms with Gasteiger partial charge in [0, 0.05) is 9.75 Å². The van der Waals surface area contributed by atoms with Crippen molar-refractivity contribution < 1.29 is 0 Å². The smallest absolute Gasteiger partial charge is 0.0545 e. The minimum Gasteiger partial charge on any atom is -0.144 e. The van der Waals surface area contributed by atoms with Crippen LogP contribution in [0.15, 0.2) is 6.07 Å². The molecule has 0 nitrogen and oxygen atoms in total. The van der Waals surface area contributed by atoms with Crippen LogP contribution in [0.5, 0.6) is 0 Å². The lowest BCUT2D eigenvalue weighted by Gasteiger charge is -2.38. The summed E-state index contributed by atoms with van der Waals surface area (Å²) in [4.78, 5) is 3.55. The molecule has 2 heteroatoms. The van der Waals surface area contributed by atoms with Gasteiger partial charge in [-0.2, -0.15) is 0 Å². The summed E-state index contributed by atoms with van der Waals surface area (Å²) in [7, 11) is 0. The molecular weight excluding hydrogens is 280 g/mol. The Morgan fingerprint density at radius 2 is 1.88 bits per heavy atom. The molecule has 1 unspecified atom stereocenters. The summed E-state index contributed by atoms with van der Waals surface area (Å²) < 4.78 is 0. The second-order valence-electron chi connectivity index (χ2n) is 5.48. The van der Waals surface area contributed by atoms with Gasteiger partial charge in [-0.15, -0.1) is 11.3 Å². The number of hydrogen-bond donors (Lipinski definition) is 0. The molecule has 0 N–H and O–H groups in total. The maximum Gasteiger partial charge on any atom is 0.0545 e. The van der Waals surface area contributed by atoms with Crippen molar-refractivity contribution in [3.63, 3.8) is 0 Å². The molecule has 0 saturated heterocycles. The molecule has 0 aromatic carbocycles. The van der Waals surface area contributed by atoms with Crippen LogP contribution in [0, 0.1) is 19.3 Å². The zero-order valence-corrected chi connectivity index (χ0v) is 12.9. The van der Waals surface area contributed by atoms with E-state index in [-0.39, 0.29) is 0 Å². The zero-order chi connectivity index (χ0) is 11.8. The van der Waals surface area contributed by atoms with Gasteiger partial charge in [0.15, 0.2) is 0 Å². The molecule has 16 heavy (non-hydrogen) atoms. The van der Waals surface area contributed by atoms with E-state index in [9.17, 15) is 0 Å². The minimum absolute atomic E-state index is 0.473. The lowest BCUT2D eigenvalue weighted by atomic mass is 9.73. The number of rotatable bonds is 2. The summed E-state index contributed by atoms with van der Waals surface area (Å²) in [5.41, 5.74) is 1.94. The maximum atomic E-state index is 3.98. The molecule has 0 amide bonds. The van der Waals surface area contributed by atoms with Crippen LogP contribution in [-0.2, 0) is 0 Å². The first-order valence-electron chi connectivity index (χ1n) is 6.24. The Labute approximate surface area is 112 Å². The summed E-state index contributed by atoms with van der Waals surface area (Å²) >= 11 is 5.95. The third-order valence-electron chi connectivity index (χ3n) is 3.92. The normalized spacial score (nSPS) is 22.0. The Kier molecular flexibility index (Phi) is 3.80. The van der Waals surface area contributed by atoms with Gasteiger partial charge in [-0.1, -0.05) is 42.1 Å². The van der Waals surface area contributed by atoms with Crippen molar-refractivity contribution in [3.8, 4) is 0 Å². The van der Waals surface area contributed by atoms with E-state index in [0.29, 0.717) is 10.2 Å². The van der Waals surface area contributed by atoms with E-state index < -0.39 is 0 Å². The first kappa shape index (κ1) is 12.6. The third kappa shape index (κ3) is 2.38. The van der Waals surface area contributed by atoms with Crippen molar-refractivity contribution in [3.05, 3.63) is 21.4 Å². The van der Waals surface area contributed by atoms with E-state index in [1.165, 1.54) is 42.5 Å². The lowest BCUT2D eigenvalue weighted by Crippen LogP contribution is -2.24. The van der Waals surface area contributed by atoms with Gasteiger partial charge in [0.25, 0.3) is 0 Å². The highest BCUT2D eigenvalue weighted by molar-refractivity contribution is 9.09. The standard InChI is InChI=1S/C14H21BrS/c1-10-9-11(2)16-12(10)13(15)14(3)7-5-4-6-8-14/h9,13H,4-8H2,1-3H3. The molecule has 0 radical (unpaired) electrons. The van der Waals surface area contributed by atoms with E-state index >= 15 is 0 Å². The Balaban J connectivity index is 2.23. The molecule has 1 aliphatic carbocycles. The number of thiophene rings is 1. The minimum atomic E-state index is 0.473. The van der Waals surface area contributed by atoms with Gasteiger partial charge in [0.1, 0.15) is 0 Å². The van der Waals surface area contributed by atoms with Crippen LogP contribution in [0.3, 0.4) is 0 Å². The van der Waals surface area contributed by atoms with E-state index in [4.69, 9.17) is 0 Å². The predicted molar refractivity (Wildman–Crippen MR) is 76.7 cm³/mol. The van der Waals surface area contributed by atoms with Gasteiger partial charge in [0.2, 0.25) is 0 Å². The highest BCUT2D eigenvalue weighted by atomic mass is 79.9. The maximum absolute atomic E-state index is 3.98. The molecule has 2 rings (SSSR count). The fourth-order valence-electron chi connectivity index (χ4n) is 2.84. The monoisotopic (exact) mass is 300 g/mol. The van der Waals surface area contributed by atoms with Crippen molar-refractivity contribution in [2.45, 2.75) is 57.7 Å². The second-order valence-corrected chi connectivity index (χ2v) is 7.69. The fourth-order valence-corrected chi connectivity index (χ4v) is 5.13. The molecule has 0 bridgehead atoms. The quantitative estimate of drug-likeness (QED) is 0.608. The highest BCUT2D eigenvalue weighted by Crippen LogP contribution is 2.52. The van der Waals surface area contributed by atoms with Gasteiger partial charge < -0.3 is 0 Å². The van der Waals surface area contributed by atoms with E-state index in [1.54, 1.807) is 4.88 Å². The highest BCUT2D eigenvalue weighted by Gasteiger charge is 2.36. The third-order valence-corrected chi connectivity index (χ3v) is 7.00. The van der Waals surface area contributed by atoms with Gasteiger partial charge in [-0.3, -0.25) is 0 Å². The Morgan fingerprint density at radius 1 is 1.25 bits per heavy atom. The molecule has 90 valence electrons. The fraction of sp³-hybridized carbons (Fsp3) is 0.714. The number of hydrogen-bond acceptors (Lipinski definition) is 1. The molecule has 1 saturated carbocycles. The van der Waals surface area contributed by atoms with Crippen LogP contribution in [0.2, 0.25) is 0 Å². The van der Waals surface area contributed by atoms with Crippen LogP contribution in [0.4, 0.5) is 0 Å². The first-order valence-corrected chi connectivity index (χ1v) is 7.97. The van der Waals surface area contributed by atoms with Crippen molar-refractivity contribution in [1.82, 2.24) is 0 Å². The van der Waals surface area contributed by atoms with Gasteiger partial charge >= 0.3 is 0 Å². The zero-order valence-electron chi connectivity index (χ0n) is 10.5. The number of halogens is 1. The molecule has 1 heterocycles. The van der Waals surface area contributed by atoms with Gasteiger partial charge in [-0.05, 0) is 43.7 Å². The molecule has 1 aliphatic rings. The second kappa shape index (κ2) is 4.81. The van der Waals surface area contributed by atoms with Gasteiger partial charge in [-0.25, -0.2) is 0 Å².